The van der Waals surface area contributed by atoms with Crippen LogP contribution in [0.25, 0.3) is 0 Å². The third-order valence-electron chi connectivity index (χ3n) is 12.6. The van der Waals surface area contributed by atoms with Crippen LogP contribution >= 0.6 is 0 Å². The molecule has 3 aliphatic heterocycles. The Morgan fingerprint density at radius 3 is 2.30 bits per heavy atom. The highest BCUT2D eigenvalue weighted by Gasteiger charge is 2.56. The van der Waals surface area contributed by atoms with Crippen molar-refractivity contribution >= 4 is 23.4 Å². The fraction of sp³-hybridized carbons (Fsp3) is 0.773. The van der Waals surface area contributed by atoms with Crippen LogP contribution in [-0.4, -0.2) is 115 Å². The molecule has 56 heavy (non-hydrogen) atoms. The van der Waals surface area contributed by atoms with Gasteiger partial charge in [0.25, 0.3) is 11.7 Å². The number of ether oxygens (including phenoxy) is 5. The zero-order chi connectivity index (χ0) is 41.3. The lowest BCUT2D eigenvalue weighted by atomic mass is 9.82. The molecule has 4 aliphatic rings. The minimum absolute atomic E-state index is 0.0308. The van der Waals surface area contributed by atoms with Crippen molar-refractivity contribution in [1.82, 2.24) is 4.90 Å². The largest absolute Gasteiger partial charge is 0.456 e. The summed E-state index contributed by atoms with van der Waals surface area (Å²) in [5.74, 6) is -6.70. The van der Waals surface area contributed by atoms with Crippen molar-refractivity contribution in [2.45, 2.75) is 161 Å². The number of amides is 1. The van der Waals surface area contributed by atoms with Crippen LogP contribution in [0, 0.1) is 29.6 Å². The maximum atomic E-state index is 14.3. The van der Waals surface area contributed by atoms with Gasteiger partial charge in [0.2, 0.25) is 5.79 Å². The number of aliphatic hydroxyl groups excluding tert-OH is 1. The normalized spacial score (nSPS) is 39.0. The zero-order valence-corrected chi connectivity index (χ0v) is 35.2. The van der Waals surface area contributed by atoms with Gasteiger partial charge < -0.3 is 38.8 Å². The number of aliphatic hydroxyl groups is 2. The van der Waals surface area contributed by atoms with Crippen molar-refractivity contribution in [1.29, 1.82) is 0 Å². The van der Waals surface area contributed by atoms with E-state index in [-0.39, 0.29) is 49.0 Å². The number of carbonyl (C=O) groups excluding carboxylic acids is 4. The molecule has 0 aromatic heterocycles. The Hall–Kier alpha value is -2.74. The van der Waals surface area contributed by atoms with E-state index in [4.69, 9.17) is 23.7 Å². The van der Waals surface area contributed by atoms with Crippen LogP contribution in [0.2, 0.25) is 0 Å². The van der Waals surface area contributed by atoms with Gasteiger partial charge in [-0.25, -0.2) is 4.79 Å². The molecule has 1 aliphatic carbocycles. The summed E-state index contributed by atoms with van der Waals surface area (Å²) in [5.41, 5.74) is 1.84. The van der Waals surface area contributed by atoms with Gasteiger partial charge in [0.05, 0.1) is 24.4 Å². The number of ketones is 2. The maximum absolute atomic E-state index is 14.3. The molecule has 0 aromatic carbocycles. The molecule has 0 aromatic rings. The number of Topliss-reactive ketones (excluding diaryl/α,β-unsaturated/α-hetero) is 1. The Kier molecular flexibility index (Phi) is 17.1. The van der Waals surface area contributed by atoms with Crippen molar-refractivity contribution < 1.29 is 53.1 Å². The first-order valence-electron chi connectivity index (χ1n) is 20.9. The van der Waals surface area contributed by atoms with E-state index in [1.54, 1.807) is 40.4 Å². The first-order valence-corrected chi connectivity index (χ1v) is 20.9. The third-order valence-corrected chi connectivity index (χ3v) is 12.6. The zero-order valence-electron chi connectivity index (χ0n) is 35.2. The monoisotopic (exact) mass is 787 g/mol. The van der Waals surface area contributed by atoms with Gasteiger partial charge in [0.1, 0.15) is 18.2 Å². The predicted molar refractivity (Wildman–Crippen MR) is 211 cm³/mol. The van der Waals surface area contributed by atoms with Crippen molar-refractivity contribution in [3.05, 3.63) is 35.5 Å². The molecule has 12 nitrogen and oxygen atoms in total. The maximum Gasteiger partial charge on any atom is 0.329 e. The lowest BCUT2D eigenvalue weighted by Crippen LogP contribution is -2.64. The number of piperidine rings is 1. The van der Waals surface area contributed by atoms with E-state index < -0.39 is 71.8 Å². The minimum atomic E-state index is -2.47. The number of esters is 1. The number of hydrogen-bond donors (Lipinski definition) is 2. The van der Waals surface area contributed by atoms with Gasteiger partial charge in [-0.1, -0.05) is 57.9 Å². The molecule has 1 saturated carbocycles. The minimum Gasteiger partial charge on any atom is -0.456 e. The van der Waals surface area contributed by atoms with Crippen molar-refractivity contribution in [3.8, 4) is 0 Å². The lowest BCUT2D eigenvalue weighted by Gasteiger charge is -2.47. The SMILES string of the molecule is CCCC1C=C(C)CC(C)CC(OC)C2OC(O)(C(=O)C(=O)N3CCCCC3C(=O)OC(C(C)=CC3CCC(O)C(OC)C3)C(C)C=CC1=O)C(C)CC2OC. The number of allylic oxidation sites excluding steroid dienone is 4. The molecule has 3 heterocycles. The summed E-state index contributed by atoms with van der Waals surface area (Å²) < 4.78 is 29.9. The smallest absolute Gasteiger partial charge is 0.329 e. The number of carbonyl (C=O) groups is 4. The quantitative estimate of drug-likeness (QED) is 0.186. The Bertz CT molecular complexity index is 1460. The Morgan fingerprint density at radius 2 is 1.64 bits per heavy atom. The molecular weight excluding hydrogens is 718 g/mol. The van der Waals surface area contributed by atoms with Gasteiger partial charge in [-0.05, 0) is 102 Å². The van der Waals surface area contributed by atoms with Crippen molar-refractivity contribution in [3.63, 3.8) is 0 Å². The topological polar surface area (TPSA) is 158 Å². The Balaban J connectivity index is 1.77. The standard InChI is InChI=1S/C44H69NO11/c1-10-13-32-21-26(2)20-27(3)22-37(53-8)40-38(54-9)24-30(6)44(51,56-40)41(48)42(49)45-19-12-11-14-33(45)43(50)55-39(28(4)15-17-34(32)46)29(5)23-31-16-18-35(47)36(25-31)52-7/h15,17,21,23,27-28,30-33,35-40,47,51H,10-14,16,18-20,22,24-25H2,1-9H3. The molecule has 13 unspecified atom stereocenters. The summed E-state index contributed by atoms with van der Waals surface area (Å²) in [7, 11) is 4.68. The second-order valence-electron chi connectivity index (χ2n) is 17.1. The van der Waals surface area contributed by atoms with Crippen LogP contribution in [-0.2, 0) is 42.9 Å². The summed E-state index contributed by atoms with van der Waals surface area (Å²) in [5, 5.41) is 22.4. The number of fused-ring (bicyclic) bond motifs is 3. The molecular formula is C44H69NO11. The highest BCUT2D eigenvalue weighted by atomic mass is 16.7. The van der Waals surface area contributed by atoms with E-state index in [0.29, 0.717) is 44.9 Å². The summed E-state index contributed by atoms with van der Waals surface area (Å²) in [6, 6.07) is -1.07. The number of nitrogens with zero attached hydrogens (tertiary/aromatic N) is 1. The summed E-state index contributed by atoms with van der Waals surface area (Å²) in [6.45, 7) is 11.7. The summed E-state index contributed by atoms with van der Waals surface area (Å²) >= 11 is 0. The van der Waals surface area contributed by atoms with E-state index in [1.807, 2.05) is 26.8 Å². The second kappa shape index (κ2) is 20.8. The summed E-state index contributed by atoms with van der Waals surface area (Å²) in [6.07, 6.45) is 10.2. The van der Waals surface area contributed by atoms with E-state index in [1.165, 1.54) is 4.90 Å². The number of hydrogen-bond acceptors (Lipinski definition) is 11. The van der Waals surface area contributed by atoms with Gasteiger partial charge in [0.15, 0.2) is 5.78 Å². The third kappa shape index (κ3) is 11.0. The number of rotatable bonds is 7. The molecule has 0 radical (unpaired) electrons. The molecule has 2 bridgehead atoms. The van der Waals surface area contributed by atoms with Crippen LogP contribution in [0.4, 0.5) is 0 Å². The van der Waals surface area contributed by atoms with E-state index in [0.717, 1.165) is 24.0 Å². The first kappa shape index (κ1) is 46.0. The number of cyclic esters (lactones) is 1. The van der Waals surface area contributed by atoms with Crippen LogP contribution in [0.15, 0.2) is 35.5 Å². The predicted octanol–water partition coefficient (Wildman–Crippen LogP) is 5.67. The molecule has 4 rings (SSSR count). The Labute approximate surface area is 334 Å². The Morgan fingerprint density at radius 1 is 0.964 bits per heavy atom. The van der Waals surface area contributed by atoms with Gasteiger partial charge in [-0.3, -0.25) is 14.4 Å². The van der Waals surface area contributed by atoms with Gasteiger partial charge in [-0.15, -0.1) is 0 Å². The molecule has 1 amide bonds. The molecule has 12 heteroatoms. The second-order valence-corrected chi connectivity index (χ2v) is 17.1. The molecule has 2 N–H and O–H groups in total. The molecule has 3 fully saturated rings. The molecule has 0 spiro atoms. The average Bonchev–Trinajstić information content (AvgIpc) is 3.18. The molecule has 13 atom stereocenters. The highest BCUT2D eigenvalue weighted by Crippen LogP contribution is 2.39. The van der Waals surface area contributed by atoms with Crippen LogP contribution < -0.4 is 0 Å². The highest BCUT2D eigenvalue weighted by molar-refractivity contribution is 6.39. The lowest BCUT2D eigenvalue weighted by molar-refractivity contribution is -0.302. The van der Waals surface area contributed by atoms with Gasteiger partial charge >= 0.3 is 5.97 Å². The number of methoxy groups -OCH3 is 3. The molecule has 2 saturated heterocycles. The van der Waals surface area contributed by atoms with Crippen molar-refractivity contribution in [2.24, 2.45) is 29.6 Å². The average molecular weight is 788 g/mol. The molecule has 316 valence electrons. The fourth-order valence-electron chi connectivity index (χ4n) is 9.30. The van der Waals surface area contributed by atoms with E-state index >= 15 is 0 Å². The van der Waals surface area contributed by atoms with Gasteiger partial charge in [0, 0.05) is 45.6 Å². The van der Waals surface area contributed by atoms with E-state index in [2.05, 4.69) is 19.9 Å². The van der Waals surface area contributed by atoms with E-state index in [9.17, 15) is 29.4 Å². The van der Waals surface area contributed by atoms with Crippen LogP contribution in [0.1, 0.15) is 112 Å². The van der Waals surface area contributed by atoms with Gasteiger partial charge in [-0.2, -0.15) is 0 Å². The van der Waals surface area contributed by atoms with Crippen LogP contribution in [0.3, 0.4) is 0 Å². The first-order chi connectivity index (χ1) is 26.6. The summed E-state index contributed by atoms with van der Waals surface area (Å²) in [4.78, 5) is 57.7. The van der Waals surface area contributed by atoms with Crippen molar-refractivity contribution in [2.75, 3.05) is 27.9 Å². The van der Waals surface area contributed by atoms with Crippen LogP contribution in [0.5, 0.6) is 0 Å². The fourth-order valence-corrected chi connectivity index (χ4v) is 9.30.